The van der Waals surface area contributed by atoms with Crippen molar-refractivity contribution >= 4 is 28.9 Å². The van der Waals surface area contributed by atoms with Crippen molar-refractivity contribution in [2.75, 3.05) is 5.32 Å². The van der Waals surface area contributed by atoms with Gasteiger partial charge in [-0.15, -0.1) is 11.3 Å². The van der Waals surface area contributed by atoms with E-state index in [2.05, 4.69) is 35.8 Å². The molecule has 3 aromatic heterocycles. The summed E-state index contributed by atoms with van der Waals surface area (Å²) in [4.78, 5) is 25.4. The summed E-state index contributed by atoms with van der Waals surface area (Å²) in [7, 11) is 0. The summed E-state index contributed by atoms with van der Waals surface area (Å²) in [6.07, 6.45) is 1.57. The number of aryl methyl sites for hydroxylation is 1. The van der Waals surface area contributed by atoms with Crippen molar-refractivity contribution in [3.8, 4) is 10.4 Å². The van der Waals surface area contributed by atoms with Crippen LogP contribution in [0.3, 0.4) is 0 Å². The second-order valence-electron chi connectivity index (χ2n) is 9.74. The van der Waals surface area contributed by atoms with E-state index in [1.54, 1.807) is 36.7 Å². The molecule has 0 unspecified atom stereocenters. The number of benzene rings is 1. The molecule has 3 heterocycles. The molecule has 9 nitrogen and oxygen atoms in total. The Morgan fingerprint density at radius 2 is 1.95 bits per heavy atom. The molecule has 0 bridgehead atoms. The first-order valence-electron chi connectivity index (χ1n) is 12.6. The summed E-state index contributed by atoms with van der Waals surface area (Å²) >= 11 is 1.35. The SMILES string of the molecule is Cc1cc(Nc2nccc(C(F)(F)F)n2)cc(-c2cnc([C@]3(O)CC[C@H](C(=O)NCc4cccnn4)CC3)s2)c1. The number of nitrogens with one attached hydrogen (secondary N) is 2. The Labute approximate surface area is 232 Å². The van der Waals surface area contributed by atoms with Crippen LogP contribution in [-0.4, -0.2) is 36.2 Å². The normalized spacial score (nSPS) is 19.3. The molecule has 0 spiro atoms. The standard InChI is InChI=1S/C27H26F3N7O2S/c1-16-11-18(13-20(12-16)35-25-31-10-6-22(36-25)27(28,29)30)21-15-33-24(40-21)26(39)7-4-17(5-8-26)23(38)32-14-19-3-2-9-34-37-19/h2-3,6,9-13,15,17,39H,4-5,7-8,14H2,1H3,(H,32,38)(H,31,35,36)/t17-,26-. The maximum atomic E-state index is 13.0. The average molecular weight is 570 g/mol. The van der Waals surface area contributed by atoms with Crippen LogP contribution in [0.5, 0.6) is 0 Å². The van der Waals surface area contributed by atoms with Crippen LogP contribution in [0, 0.1) is 12.8 Å². The maximum absolute atomic E-state index is 13.0. The molecular weight excluding hydrogens is 543 g/mol. The van der Waals surface area contributed by atoms with Gasteiger partial charge in [0.2, 0.25) is 11.9 Å². The van der Waals surface area contributed by atoms with E-state index in [4.69, 9.17) is 0 Å². The third-order valence-corrected chi connectivity index (χ3v) is 7.96. The van der Waals surface area contributed by atoms with Gasteiger partial charge in [0.25, 0.3) is 0 Å². The molecule has 1 saturated carbocycles. The van der Waals surface area contributed by atoms with Crippen LogP contribution in [0.15, 0.2) is 55.0 Å². The number of halogens is 3. The zero-order valence-corrected chi connectivity index (χ0v) is 22.3. The lowest BCUT2D eigenvalue weighted by Gasteiger charge is -2.33. The molecule has 5 rings (SSSR count). The number of carbonyl (C=O) groups is 1. The van der Waals surface area contributed by atoms with Crippen LogP contribution in [0.2, 0.25) is 0 Å². The number of thiazole rings is 1. The van der Waals surface area contributed by atoms with Crippen LogP contribution in [0.1, 0.15) is 47.6 Å². The molecule has 0 radical (unpaired) electrons. The lowest BCUT2D eigenvalue weighted by atomic mass is 9.78. The minimum Gasteiger partial charge on any atom is -0.383 e. The molecule has 208 valence electrons. The number of aromatic nitrogens is 5. The Kier molecular flexibility index (Phi) is 7.76. The van der Waals surface area contributed by atoms with Crippen molar-refractivity contribution in [3.05, 3.63) is 76.9 Å². The first-order valence-corrected chi connectivity index (χ1v) is 13.4. The summed E-state index contributed by atoms with van der Waals surface area (Å²) in [5, 5.41) is 25.5. The number of aliphatic hydroxyl groups is 1. The summed E-state index contributed by atoms with van der Waals surface area (Å²) in [5.74, 6) is -0.444. The van der Waals surface area contributed by atoms with Crippen molar-refractivity contribution in [2.45, 2.75) is 50.9 Å². The van der Waals surface area contributed by atoms with E-state index in [1.165, 1.54) is 11.3 Å². The lowest BCUT2D eigenvalue weighted by Crippen LogP contribution is -2.38. The minimum atomic E-state index is -4.57. The Bertz CT molecular complexity index is 1490. The van der Waals surface area contributed by atoms with Gasteiger partial charge >= 0.3 is 6.18 Å². The zero-order chi connectivity index (χ0) is 28.3. The van der Waals surface area contributed by atoms with Crippen molar-refractivity contribution in [3.63, 3.8) is 0 Å². The fourth-order valence-electron chi connectivity index (χ4n) is 4.65. The molecule has 0 saturated heterocycles. The third-order valence-electron chi connectivity index (χ3n) is 6.72. The Morgan fingerprint density at radius 1 is 1.15 bits per heavy atom. The number of hydrogen-bond acceptors (Lipinski definition) is 9. The van der Waals surface area contributed by atoms with Crippen LogP contribution in [-0.2, 0) is 23.1 Å². The minimum absolute atomic E-state index is 0.0722. The molecule has 0 atom stereocenters. The van der Waals surface area contributed by atoms with Gasteiger partial charge < -0.3 is 15.7 Å². The highest BCUT2D eigenvalue weighted by molar-refractivity contribution is 7.15. The molecule has 40 heavy (non-hydrogen) atoms. The quantitative estimate of drug-likeness (QED) is 0.279. The van der Waals surface area contributed by atoms with Gasteiger partial charge in [-0.05, 0) is 74.1 Å². The fraction of sp³-hybridized carbons (Fsp3) is 0.333. The summed E-state index contributed by atoms with van der Waals surface area (Å²) in [5.41, 5.74) is 0.691. The van der Waals surface area contributed by atoms with E-state index < -0.39 is 17.5 Å². The third kappa shape index (κ3) is 6.42. The highest BCUT2D eigenvalue weighted by Crippen LogP contribution is 2.43. The van der Waals surface area contributed by atoms with E-state index in [0.29, 0.717) is 48.6 Å². The van der Waals surface area contributed by atoms with Gasteiger partial charge in [-0.25, -0.2) is 15.0 Å². The van der Waals surface area contributed by atoms with Gasteiger partial charge in [-0.1, -0.05) is 6.07 Å². The number of nitrogens with zero attached hydrogens (tertiary/aromatic N) is 5. The molecular formula is C27H26F3N7O2S. The van der Waals surface area contributed by atoms with Crippen molar-refractivity contribution in [2.24, 2.45) is 5.92 Å². The number of rotatable bonds is 7. The summed E-state index contributed by atoms with van der Waals surface area (Å²) in [6, 6.07) is 9.85. The van der Waals surface area contributed by atoms with Gasteiger partial charge in [-0.3, -0.25) is 4.79 Å². The van der Waals surface area contributed by atoms with Gasteiger partial charge in [-0.2, -0.15) is 23.4 Å². The predicted molar refractivity (Wildman–Crippen MR) is 142 cm³/mol. The summed E-state index contributed by atoms with van der Waals surface area (Å²) < 4.78 is 39.1. The number of amides is 1. The number of alkyl halides is 3. The van der Waals surface area contributed by atoms with Gasteiger partial charge in [0.05, 0.1) is 17.1 Å². The summed E-state index contributed by atoms with van der Waals surface area (Å²) in [6.45, 7) is 2.17. The highest BCUT2D eigenvalue weighted by Gasteiger charge is 2.39. The smallest absolute Gasteiger partial charge is 0.383 e. The number of anilines is 2. The molecule has 0 aliphatic heterocycles. The van der Waals surface area contributed by atoms with Crippen LogP contribution < -0.4 is 10.6 Å². The molecule has 4 aromatic rings. The van der Waals surface area contributed by atoms with E-state index in [9.17, 15) is 23.1 Å². The second-order valence-corrected chi connectivity index (χ2v) is 10.8. The molecule has 1 amide bonds. The van der Waals surface area contributed by atoms with Gasteiger partial charge in [0.1, 0.15) is 16.3 Å². The molecule has 13 heteroatoms. The van der Waals surface area contributed by atoms with E-state index in [0.717, 1.165) is 28.3 Å². The monoisotopic (exact) mass is 569 g/mol. The molecule has 1 fully saturated rings. The zero-order valence-electron chi connectivity index (χ0n) is 21.4. The molecule has 3 N–H and O–H groups in total. The predicted octanol–water partition coefficient (Wildman–Crippen LogP) is 5.16. The van der Waals surface area contributed by atoms with E-state index in [-0.39, 0.29) is 17.8 Å². The largest absolute Gasteiger partial charge is 0.433 e. The van der Waals surface area contributed by atoms with E-state index in [1.807, 2.05) is 13.0 Å². The van der Waals surface area contributed by atoms with Crippen LogP contribution in [0.4, 0.5) is 24.8 Å². The Hall–Kier alpha value is -3.97. The highest BCUT2D eigenvalue weighted by atomic mass is 32.1. The van der Waals surface area contributed by atoms with Gasteiger partial charge in [0.15, 0.2) is 0 Å². The van der Waals surface area contributed by atoms with Gasteiger partial charge in [0, 0.05) is 30.2 Å². The van der Waals surface area contributed by atoms with Crippen molar-refractivity contribution in [1.82, 2.24) is 30.5 Å². The van der Waals surface area contributed by atoms with Crippen LogP contribution >= 0.6 is 11.3 Å². The fourth-order valence-corrected chi connectivity index (χ4v) is 5.70. The van der Waals surface area contributed by atoms with Crippen molar-refractivity contribution in [1.29, 1.82) is 0 Å². The lowest BCUT2D eigenvalue weighted by molar-refractivity contribution is -0.141. The maximum Gasteiger partial charge on any atom is 0.433 e. The topological polar surface area (TPSA) is 126 Å². The number of hydrogen-bond donors (Lipinski definition) is 3. The van der Waals surface area contributed by atoms with E-state index >= 15 is 0 Å². The van der Waals surface area contributed by atoms with Crippen molar-refractivity contribution < 1.29 is 23.1 Å². The molecule has 1 aromatic carbocycles. The van der Waals surface area contributed by atoms with Crippen LogP contribution in [0.25, 0.3) is 10.4 Å². The molecule has 1 aliphatic carbocycles. The number of carbonyl (C=O) groups excluding carboxylic acids is 1. The Morgan fingerprint density at radius 3 is 2.67 bits per heavy atom. The first kappa shape index (κ1) is 27.6. The second kappa shape index (κ2) is 11.3. The first-order chi connectivity index (χ1) is 19.1. The molecule has 1 aliphatic rings. The average Bonchev–Trinajstić information content (AvgIpc) is 3.44. The Balaban J connectivity index is 1.24.